The third kappa shape index (κ3) is 5.37. The predicted molar refractivity (Wildman–Crippen MR) is 158 cm³/mol. The number of aromatic nitrogens is 3. The van der Waals surface area contributed by atoms with Gasteiger partial charge in [0.15, 0.2) is 5.82 Å². The molecule has 4 N–H and O–H groups in total. The lowest BCUT2D eigenvalue weighted by molar-refractivity contribution is 0.348. The minimum absolute atomic E-state index is 0.0258. The number of aromatic hydroxyl groups is 1. The van der Waals surface area contributed by atoms with E-state index >= 15 is 4.39 Å². The van der Waals surface area contributed by atoms with Crippen LogP contribution >= 0.6 is 0 Å². The van der Waals surface area contributed by atoms with Crippen molar-refractivity contribution in [2.75, 3.05) is 38.2 Å². The Kier molecular flexibility index (Phi) is 7.67. The molecular formula is C31H30F2N8O2. The summed E-state index contributed by atoms with van der Waals surface area (Å²) >= 11 is 0. The first-order valence-electron chi connectivity index (χ1n) is 14.0. The SMILES string of the molecule is C#Cc1c(F)ccc2cc(O)cc(-c3ncc4c(N5CC6CCC(C5)N6)nc(OC)nc4c3F)c12.N#CC1CCN(N)C1. The van der Waals surface area contributed by atoms with Crippen molar-refractivity contribution in [2.45, 2.75) is 31.3 Å². The van der Waals surface area contributed by atoms with Gasteiger partial charge in [0, 0.05) is 55.4 Å². The van der Waals surface area contributed by atoms with Gasteiger partial charge >= 0.3 is 6.01 Å². The summed E-state index contributed by atoms with van der Waals surface area (Å²) in [4.78, 5) is 15.3. The van der Waals surface area contributed by atoms with Gasteiger partial charge in [-0.2, -0.15) is 15.2 Å². The van der Waals surface area contributed by atoms with Gasteiger partial charge in [-0.05, 0) is 42.8 Å². The van der Waals surface area contributed by atoms with Crippen LogP contribution in [0.15, 0.2) is 30.5 Å². The van der Waals surface area contributed by atoms with E-state index in [-0.39, 0.29) is 45.4 Å². The average molecular weight is 585 g/mol. The maximum absolute atomic E-state index is 16.1. The number of nitriles is 1. The fourth-order valence-corrected chi connectivity index (χ4v) is 6.16. The predicted octanol–water partition coefficient (Wildman–Crippen LogP) is 3.46. The van der Waals surface area contributed by atoms with Crippen LogP contribution in [0.2, 0.25) is 0 Å². The van der Waals surface area contributed by atoms with Gasteiger partial charge in [0.25, 0.3) is 0 Å². The van der Waals surface area contributed by atoms with E-state index in [9.17, 15) is 9.50 Å². The molecular weight excluding hydrogens is 554 g/mol. The van der Waals surface area contributed by atoms with Crippen LogP contribution in [0, 0.1) is 41.2 Å². The molecule has 5 heterocycles. The Morgan fingerprint density at radius 3 is 2.53 bits per heavy atom. The van der Waals surface area contributed by atoms with E-state index in [1.165, 1.54) is 37.6 Å². The largest absolute Gasteiger partial charge is 0.508 e. The lowest BCUT2D eigenvalue weighted by atomic mass is 9.96. The number of methoxy groups -OCH3 is 1. The van der Waals surface area contributed by atoms with E-state index in [0.29, 0.717) is 28.7 Å². The molecule has 0 saturated carbocycles. The van der Waals surface area contributed by atoms with Gasteiger partial charge < -0.3 is 20.1 Å². The molecule has 3 aliphatic rings. The molecule has 3 atom stereocenters. The number of pyridine rings is 1. The van der Waals surface area contributed by atoms with Gasteiger partial charge in [-0.1, -0.05) is 12.0 Å². The molecule has 3 aliphatic heterocycles. The quantitative estimate of drug-likeness (QED) is 0.243. The van der Waals surface area contributed by atoms with Crippen molar-refractivity contribution in [3.05, 3.63) is 47.7 Å². The van der Waals surface area contributed by atoms with Crippen molar-refractivity contribution in [3.8, 4) is 41.4 Å². The van der Waals surface area contributed by atoms with Crippen LogP contribution in [0.5, 0.6) is 11.8 Å². The molecule has 2 aromatic carbocycles. The van der Waals surface area contributed by atoms with E-state index in [2.05, 4.69) is 37.2 Å². The number of hydrogen-bond donors (Lipinski definition) is 3. The highest BCUT2D eigenvalue weighted by molar-refractivity contribution is 6.03. The minimum Gasteiger partial charge on any atom is -0.508 e. The van der Waals surface area contributed by atoms with E-state index in [4.69, 9.17) is 22.3 Å². The summed E-state index contributed by atoms with van der Waals surface area (Å²) in [6, 6.07) is 8.37. The fraction of sp³-hybridized carbons (Fsp3) is 0.355. The van der Waals surface area contributed by atoms with E-state index in [0.717, 1.165) is 45.4 Å². The first-order chi connectivity index (χ1) is 20.8. The van der Waals surface area contributed by atoms with Crippen molar-refractivity contribution in [3.63, 3.8) is 0 Å². The maximum Gasteiger partial charge on any atom is 0.318 e. The van der Waals surface area contributed by atoms with Crippen LogP contribution in [0.1, 0.15) is 24.8 Å². The number of piperazine rings is 1. The van der Waals surface area contributed by atoms with Crippen molar-refractivity contribution in [2.24, 2.45) is 11.8 Å². The van der Waals surface area contributed by atoms with Crippen molar-refractivity contribution < 1.29 is 18.6 Å². The first-order valence-corrected chi connectivity index (χ1v) is 14.0. The molecule has 7 rings (SSSR count). The van der Waals surface area contributed by atoms with Gasteiger partial charge in [0.05, 0.1) is 30.0 Å². The second-order valence-corrected chi connectivity index (χ2v) is 11.0. The molecule has 0 amide bonds. The molecule has 0 spiro atoms. The molecule has 2 bridgehead atoms. The number of nitrogens with one attached hydrogen (secondary N) is 1. The van der Waals surface area contributed by atoms with Crippen LogP contribution in [-0.4, -0.2) is 70.4 Å². The summed E-state index contributed by atoms with van der Waals surface area (Å²) in [6.07, 6.45) is 10.2. The molecule has 43 heavy (non-hydrogen) atoms. The Labute approximate surface area is 247 Å². The third-order valence-corrected chi connectivity index (χ3v) is 8.20. The molecule has 0 radical (unpaired) electrons. The second-order valence-electron chi connectivity index (χ2n) is 11.0. The molecule has 220 valence electrons. The third-order valence-electron chi connectivity index (χ3n) is 8.20. The number of fused-ring (bicyclic) bond motifs is 4. The summed E-state index contributed by atoms with van der Waals surface area (Å²) < 4.78 is 35.9. The normalized spacial score (nSPS) is 21.3. The Bertz CT molecular complexity index is 1790. The van der Waals surface area contributed by atoms with Gasteiger partial charge in [0.1, 0.15) is 28.6 Å². The van der Waals surface area contributed by atoms with Crippen LogP contribution in [0.3, 0.4) is 0 Å². The topological polar surface area (TPSA) is 136 Å². The van der Waals surface area contributed by atoms with Crippen LogP contribution in [0.25, 0.3) is 32.9 Å². The fourth-order valence-electron chi connectivity index (χ4n) is 6.16. The average Bonchev–Trinajstić information content (AvgIpc) is 3.60. The molecule has 3 fully saturated rings. The minimum atomic E-state index is -0.735. The smallest absolute Gasteiger partial charge is 0.318 e. The van der Waals surface area contributed by atoms with Gasteiger partial charge in [-0.25, -0.2) is 13.8 Å². The number of terminal acetylenes is 1. The Morgan fingerprint density at radius 1 is 1.14 bits per heavy atom. The zero-order valence-electron chi connectivity index (χ0n) is 23.5. The van der Waals surface area contributed by atoms with E-state index in [1.54, 1.807) is 5.01 Å². The Balaban J connectivity index is 0.000000359. The van der Waals surface area contributed by atoms with Crippen LogP contribution < -0.4 is 20.8 Å². The Hall–Kier alpha value is -4.62. The Morgan fingerprint density at radius 2 is 1.91 bits per heavy atom. The molecule has 4 aromatic rings. The summed E-state index contributed by atoms with van der Waals surface area (Å²) in [5.41, 5.74) is 0.0627. The van der Waals surface area contributed by atoms with E-state index in [1.807, 2.05) is 0 Å². The zero-order chi connectivity index (χ0) is 30.2. The summed E-state index contributed by atoms with van der Waals surface area (Å²) in [6.45, 7) is 3.09. The highest BCUT2D eigenvalue weighted by Gasteiger charge is 2.34. The number of halogens is 2. The number of hydrazine groups is 1. The number of benzene rings is 2. The standard InChI is InChI=1S/C26H21F2N5O2.C5H9N3/c1-3-17-20(27)7-4-13-8-16(34)9-18(21(13)17)23-22(28)24-19(10-29-23)25(32-26(31-24)35-2)33-11-14-5-6-15(12-33)30-14;6-3-5-1-2-8(7)4-5/h1,4,7-10,14-15,30,34H,5-6,11-12H2,2H3;5H,1-2,4,7H2. The lowest BCUT2D eigenvalue weighted by Crippen LogP contribution is -2.51. The van der Waals surface area contributed by atoms with Crippen molar-refractivity contribution in [1.82, 2.24) is 25.3 Å². The first kappa shape index (κ1) is 28.5. The number of ether oxygens (including phenoxy) is 1. The number of rotatable bonds is 3. The molecule has 2 aromatic heterocycles. The number of nitrogens with zero attached hydrogens (tertiary/aromatic N) is 6. The zero-order valence-corrected chi connectivity index (χ0v) is 23.5. The molecule has 3 unspecified atom stereocenters. The second kappa shape index (κ2) is 11.6. The van der Waals surface area contributed by atoms with Crippen LogP contribution in [0.4, 0.5) is 14.6 Å². The monoisotopic (exact) mass is 584 g/mol. The highest BCUT2D eigenvalue weighted by atomic mass is 19.1. The lowest BCUT2D eigenvalue weighted by Gasteiger charge is -2.34. The number of phenolic OH excluding ortho intramolecular Hbond substituents is 1. The molecule has 3 saturated heterocycles. The van der Waals surface area contributed by atoms with Gasteiger partial charge in [-0.15, -0.1) is 6.42 Å². The summed E-state index contributed by atoms with van der Waals surface area (Å²) in [5.74, 6) is 6.99. The molecule has 10 nitrogen and oxygen atoms in total. The highest BCUT2D eigenvalue weighted by Crippen LogP contribution is 2.39. The van der Waals surface area contributed by atoms with E-state index < -0.39 is 11.6 Å². The van der Waals surface area contributed by atoms with Gasteiger partial charge in [-0.3, -0.25) is 10.8 Å². The maximum atomic E-state index is 16.1. The number of phenols is 1. The molecule has 0 aliphatic carbocycles. The number of nitrogens with two attached hydrogens (primary N) is 1. The van der Waals surface area contributed by atoms with Gasteiger partial charge in [0.2, 0.25) is 0 Å². The molecule has 12 heteroatoms. The van der Waals surface area contributed by atoms with Crippen molar-refractivity contribution >= 4 is 27.5 Å². The van der Waals surface area contributed by atoms with Crippen molar-refractivity contribution in [1.29, 1.82) is 5.26 Å². The number of anilines is 1. The summed E-state index contributed by atoms with van der Waals surface area (Å²) in [7, 11) is 1.43. The van der Waals surface area contributed by atoms with Crippen LogP contribution in [-0.2, 0) is 0 Å². The number of hydrogen-bond acceptors (Lipinski definition) is 10. The summed E-state index contributed by atoms with van der Waals surface area (Å²) in [5, 5.41) is 25.1.